The number of hydrogen-bond acceptors (Lipinski definition) is 4. The van der Waals surface area contributed by atoms with Crippen LogP contribution in [0.2, 0.25) is 17.3 Å². The van der Waals surface area contributed by atoms with Gasteiger partial charge < -0.3 is 5.11 Å². The van der Waals surface area contributed by atoms with Gasteiger partial charge in [0.1, 0.15) is 0 Å². The van der Waals surface area contributed by atoms with Crippen molar-refractivity contribution in [1.82, 2.24) is 4.98 Å². The third-order valence-corrected chi connectivity index (χ3v) is 13.1. The molecule has 0 aliphatic carbocycles. The Morgan fingerprint density at radius 1 is 0.933 bits per heavy atom. The summed E-state index contributed by atoms with van der Waals surface area (Å²) in [4.78, 5) is 19.4. The average molecular weight is 862 g/mol. The zero-order chi connectivity index (χ0) is 32.2. The fourth-order valence-corrected chi connectivity index (χ4v) is 11.1. The van der Waals surface area contributed by atoms with Crippen LogP contribution in [0.5, 0.6) is 0 Å². The zero-order valence-corrected chi connectivity index (χ0v) is 33.8. The quantitative estimate of drug-likeness (QED) is 0.0658. The van der Waals surface area contributed by atoms with Crippen molar-refractivity contribution in [1.29, 1.82) is 0 Å². The SMILES string of the molecule is CC(C)c1c2c([c-]c3ccccc13)-c1nccc3ccc([CH2][Ge]([CH3])([CH3])[CH3])c(c13)S2.CCC(CC)C(=O)/C=C(\O)C(CC)CC.[Ir]. The molecular formula is C39H50GeIrNO2S-. The van der Waals surface area contributed by atoms with E-state index in [1.807, 2.05) is 45.7 Å². The van der Waals surface area contributed by atoms with Crippen LogP contribution >= 0.6 is 11.8 Å². The van der Waals surface area contributed by atoms with Crippen LogP contribution in [0.15, 0.2) is 70.3 Å². The molecule has 2 heterocycles. The van der Waals surface area contributed by atoms with Crippen molar-refractivity contribution in [2.75, 3.05) is 0 Å². The van der Waals surface area contributed by atoms with Crippen molar-refractivity contribution in [3.8, 4) is 11.3 Å². The number of allylic oxidation sites excluding steroid dienone is 2. The number of ketones is 1. The Balaban J connectivity index is 0.000000297. The Hall–Kier alpha value is -1.92. The Morgan fingerprint density at radius 3 is 2.18 bits per heavy atom. The fourth-order valence-electron chi connectivity index (χ4n) is 6.30. The number of hydrogen-bond donors (Lipinski definition) is 1. The molecular weight excluding hydrogens is 811 g/mol. The molecule has 3 aromatic carbocycles. The van der Waals surface area contributed by atoms with Crippen LogP contribution in [-0.2, 0) is 30.2 Å². The molecule has 6 heteroatoms. The molecule has 1 N–H and O–H groups in total. The predicted molar refractivity (Wildman–Crippen MR) is 193 cm³/mol. The van der Waals surface area contributed by atoms with Gasteiger partial charge in [-0.1, -0.05) is 27.7 Å². The molecule has 5 rings (SSSR count). The maximum absolute atomic E-state index is 11.7. The first-order valence-corrected chi connectivity index (χ1v) is 25.0. The summed E-state index contributed by atoms with van der Waals surface area (Å²) in [7, 11) is 0. The summed E-state index contributed by atoms with van der Waals surface area (Å²) in [5.74, 6) is 8.51. The number of rotatable bonds is 10. The standard InChI is InChI=1S/C26H26GeNS.C13H24O2.Ir/c1-16(2)22-20-9-7-6-8-18(20)14-21-24-23-17(12-13-28-24)10-11-19(15-27(3,4)5)25(23)29-26(21)22;1-5-10(6-2)12(14)9-13(15)11(7-3)8-4;/h6-13,16H,15H2,1-5H3;9-11,14H,5-8H2,1-4H3;/q-1;;/b;12-9-;. The second kappa shape index (κ2) is 16.3. The number of pyridine rings is 1. The van der Waals surface area contributed by atoms with Crippen molar-refractivity contribution < 1.29 is 30.0 Å². The van der Waals surface area contributed by atoms with Gasteiger partial charge in [0, 0.05) is 38.0 Å². The minimum absolute atomic E-state index is 0. The van der Waals surface area contributed by atoms with E-state index >= 15 is 0 Å². The van der Waals surface area contributed by atoms with Gasteiger partial charge in [0.15, 0.2) is 5.78 Å². The Bertz CT molecular complexity index is 1670. The van der Waals surface area contributed by atoms with Crippen molar-refractivity contribution in [2.24, 2.45) is 11.8 Å². The first-order valence-electron chi connectivity index (χ1n) is 16.4. The van der Waals surface area contributed by atoms with Crippen LogP contribution in [0.25, 0.3) is 32.8 Å². The number of aromatic nitrogens is 1. The van der Waals surface area contributed by atoms with Gasteiger partial charge in [-0.2, -0.15) is 0 Å². The van der Waals surface area contributed by atoms with E-state index in [1.54, 1.807) is 0 Å². The second-order valence-electron chi connectivity index (χ2n) is 13.6. The molecule has 1 radical (unpaired) electrons. The summed E-state index contributed by atoms with van der Waals surface area (Å²) < 4.78 is 0. The minimum Gasteiger partial charge on any atom is -0.512 e. The average Bonchev–Trinajstić information content (AvgIpc) is 2.98. The van der Waals surface area contributed by atoms with E-state index in [0.29, 0.717) is 5.92 Å². The van der Waals surface area contributed by atoms with Crippen molar-refractivity contribution in [2.45, 2.75) is 105 Å². The van der Waals surface area contributed by atoms with Crippen molar-refractivity contribution in [3.63, 3.8) is 0 Å². The third kappa shape index (κ3) is 8.52. The minimum atomic E-state index is -1.76. The molecule has 0 fully saturated rings. The van der Waals surface area contributed by atoms with E-state index in [0.717, 1.165) is 31.4 Å². The number of nitrogens with zero attached hydrogens (tertiary/aromatic N) is 1. The molecule has 1 aromatic heterocycles. The van der Waals surface area contributed by atoms with E-state index in [2.05, 4.69) is 79.6 Å². The van der Waals surface area contributed by atoms with Crippen LogP contribution in [0.4, 0.5) is 0 Å². The Morgan fingerprint density at radius 2 is 1.58 bits per heavy atom. The van der Waals surface area contributed by atoms with Gasteiger partial charge in [-0.15, -0.1) is 0 Å². The smallest absolute Gasteiger partial charge is 0.162 e. The van der Waals surface area contributed by atoms with Crippen molar-refractivity contribution >= 4 is 52.4 Å². The van der Waals surface area contributed by atoms with Gasteiger partial charge in [-0.3, -0.25) is 4.79 Å². The number of carbonyl (C=O) groups is 1. The van der Waals surface area contributed by atoms with E-state index in [1.165, 1.54) is 59.4 Å². The van der Waals surface area contributed by atoms with Gasteiger partial charge >= 0.3 is 181 Å². The van der Waals surface area contributed by atoms with Gasteiger partial charge in [0.2, 0.25) is 0 Å². The first-order chi connectivity index (χ1) is 20.9. The number of aliphatic hydroxyl groups is 1. The molecule has 1 aliphatic heterocycles. The van der Waals surface area contributed by atoms with Crippen LogP contribution < -0.4 is 0 Å². The molecule has 3 nitrogen and oxygen atoms in total. The van der Waals surface area contributed by atoms with E-state index in [9.17, 15) is 9.90 Å². The van der Waals surface area contributed by atoms with E-state index in [4.69, 9.17) is 4.98 Å². The molecule has 0 bridgehead atoms. The largest absolute Gasteiger partial charge is 0.512 e. The molecule has 45 heavy (non-hydrogen) atoms. The second-order valence-corrected chi connectivity index (χ2v) is 26.1. The molecule has 243 valence electrons. The molecule has 0 spiro atoms. The van der Waals surface area contributed by atoms with E-state index in [-0.39, 0.29) is 43.5 Å². The van der Waals surface area contributed by atoms with Crippen LogP contribution in [-0.4, -0.2) is 29.1 Å². The third-order valence-electron chi connectivity index (χ3n) is 8.74. The van der Waals surface area contributed by atoms with Crippen LogP contribution in [0, 0.1) is 17.9 Å². The summed E-state index contributed by atoms with van der Waals surface area (Å²) in [5.41, 5.74) is 5.25. The Labute approximate surface area is 291 Å². The molecule has 0 saturated carbocycles. The monoisotopic (exact) mass is 863 g/mol. The summed E-state index contributed by atoms with van der Waals surface area (Å²) in [6, 6.07) is 19.3. The van der Waals surface area contributed by atoms with E-state index < -0.39 is 13.3 Å². The summed E-state index contributed by atoms with van der Waals surface area (Å²) in [5, 5.41) is 16.1. The summed E-state index contributed by atoms with van der Waals surface area (Å²) >= 11 is 0.215. The molecule has 1 aliphatic rings. The maximum Gasteiger partial charge on any atom is 0.162 e. The van der Waals surface area contributed by atoms with Gasteiger partial charge in [0.25, 0.3) is 0 Å². The number of benzene rings is 3. The van der Waals surface area contributed by atoms with Gasteiger partial charge in [-0.25, -0.2) is 0 Å². The van der Waals surface area contributed by atoms with Gasteiger partial charge in [-0.05, 0) is 25.7 Å². The maximum atomic E-state index is 11.7. The Kier molecular flexibility index (Phi) is 13.6. The van der Waals surface area contributed by atoms with Crippen LogP contribution in [0.3, 0.4) is 0 Å². The molecule has 4 aromatic rings. The first kappa shape index (κ1) is 37.5. The van der Waals surface area contributed by atoms with Crippen molar-refractivity contribution in [3.05, 3.63) is 77.7 Å². The molecule has 0 saturated heterocycles. The van der Waals surface area contributed by atoms with Crippen LogP contribution in [0.1, 0.15) is 84.3 Å². The van der Waals surface area contributed by atoms with Gasteiger partial charge in [0.05, 0.1) is 5.76 Å². The topological polar surface area (TPSA) is 50.2 Å². The zero-order valence-electron chi connectivity index (χ0n) is 28.5. The number of fused-ring (bicyclic) bond motifs is 3. The summed E-state index contributed by atoms with van der Waals surface area (Å²) in [6.45, 7) is 12.7. The number of carbonyl (C=O) groups excluding carboxylic acids is 1. The predicted octanol–water partition coefficient (Wildman–Crippen LogP) is 11.7. The number of aliphatic hydroxyl groups excluding tert-OH is 1. The molecule has 0 atom stereocenters. The molecule has 0 unspecified atom stereocenters. The normalized spacial score (nSPS) is 12.8. The fraction of sp³-hybridized carbons (Fsp3) is 0.436. The molecule has 0 amide bonds. The summed E-state index contributed by atoms with van der Waals surface area (Å²) in [6.07, 6.45) is 6.87.